The second-order valence-electron chi connectivity index (χ2n) is 4.58. The van der Waals surface area contributed by atoms with E-state index in [1.54, 1.807) is 6.07 Å². The molecule has 0 aliphatic heterocycles. The minimum Gasteiger partial charge on any atom is -0.450 e. The zero-order valence-corrected chi connectivity index (χ0v) is 11.1. The molecular formula is C16H17NO2. The number of carbonyl (C=O) groups excluding carboxylic acids is 1. The van der Waals surface area contributed by atoms with Crippen LogP contribution in [0.2, 0.25) is 0 Å². The van der Waals surface area contributed by atoms with E-state index in [0.29, 0.717) is 5.69 Å². The number of anilines is 1. The lowest BCUT2D eigenvalue weighted by atomic mass is 9.87. The molecule has 0 amide bonds. The third-order valence-electron chi connectivity index (χ3n) is 3.15. The first-order valence-corrected chi connectivity index (χ1v) is 6.14. The lowest BCUT2D eigenvalue weighted by Gasteiger charge is -2.31. The van der Waals surface area contributed by atoms with Crippen molar-refractivity contribution in [3.05, 3.63) is 65.7 Å². The van der Waals surface area contributed by atoms with Gasteiger partial charge >= 0.3 is 5.97 Å². The van der Waals surface area contributed by atoms with Gasteiger partial charge < -0.3 is 10.5 Å². The molecule has 0 aliphatic carbocycles. The Morgan fingerprint density at radius 1 is 1.05 bits per heavy atom. The maximum atomic E-state index is 11.5. The van der Waals surface area contributed by atoms with Crippen molar-refractivity contribution in [1.29, 1.82) is 0 Å². The van der Waals surface area contributed by atoms with E-state index < -0.39 is 5.60 Å². The summed E-state index contributed by atoms with van der Waals surface area (Å²) in [5, 5.41) is 0. The molecule has 19 heavy (non-hydrogen) atoms. The molecule has 0 heterocycles. The van der Waals surface area contributed by atoms with Crippen LogP contribution in [0, 0.1) is 0 Å². The molecule has 1 atom stereocenters. The standard InChI is InChI=1S/C16H17NO2/c1-12(18)19-16(2,13-8-4-3-5-9-13)14-10-6-7-11-15(14)17/h3-11H,17H2,1-2H3. The van der Waals surface area contributed by atoms with E-state index in [1.807, 2.05) is 55.5 Å². The molecule has 1 unspecified atom stereocenters. The number of hydrogen-bond donors (Lipinski definition) is 1. The molecule has 0 spiro atoms. The first kappa shape index (κ1) is 13.1. The van der Waals surface area contributed by atoms with Crippen molar-refractivity contribution in [3.8, 4) is 0 Å². The number of para-hydroxylation sites is 1. The topological polar surface area (TPSA) is 52.3 Å². The van der Waals surface area contributed by atoms with E-state index in [9.17, 15) is 4.79 Å². The van der Waals surface area contributed by atoms with Gasteiger partial charge in [0.1, 0.15) is 0 Å². The minimum atomic E-state index is -0.877. The Labute approximate surface area is 113 Å². The summed E-state index contributed by atoms with van der Waals surface area (Å²) in [4.78, 5) is 11.5. The summed E-state index contributed by atoms with van der Waals surface area (Å²) in [5.41, 5.74) is 7.44. The Balaban J connectivity index is 2.59. The number of nitrogen functional groups attached to an aromatic ring is 1. The van der Waals surface area contributed by atoms with Crippen molar-refractivity contribution in [2.75, 3.05) is 5.73 Å². The van der Waals surface area contributed by atoms with Gasteiger partial charge in [0.2, 0.25) is 0 Å². The van der Waals surface area contributed by atoms with E-state index in [4.69, 9.17) is 10.5 Å². The normalized spacial score (nSPS) is 13.6. The Morgan fingerprint density at radius 2 is 1.63 bits per heavy atom. The molecule has 2 rings (SSSR count). The fourth-order valence-corrected chi connectivity index (χ4v) is 2.24. The summed E-state index contributed by atoms with van der Waals surface area (Å²) in [6, 6.07) is 17.0. The van der Waals surface area contributed by atoms with Gasteiger partial charge in [-0.1, -0.05) is 48.5 Å². The van der Waals surface area contributed by atoms with Crippen molar-refractivity contribution in [3.63, 3.8) is 0 Å². The minimum absolute atomic E-state index is 0.338. The molecule has 2 aromatic carbocycles. The second-order valence-corrected chi connectivity index (χ2v) is 4.58. The zero-order valence-electron chi connectivity index (χ0n) is 11.1. The van der Waals surface area contributed by atoms with Crippen LogP contribution < -0.4 is 5.73 Å². The Morgan fingerprint density at radius 3 is 2.21 bits per heavy atom. The van der Waals surface area contributed by atoms with Crippen LogP contribution >= 0.6 is 0 Å². The van der Waals surface area contributed by atoms with Gasteiger partial charge in [0, 0.05) is 18.2 Å². The van der Waals surface area contributed by atoms with Crippen molar-refractivity contribution >= 4 is 11.7 Å². The molecule has 98 valence electrons. The molecule has 0 bridgehead atoms. The number of benzene rings is 2. The second kappa shape index (κ2) is 5.14. The van der Waals surface area contributed by atoms with Crippen molar-refractivity contribution in [1.82, 2.24) is 0 Å². The highest BCUT2D eigenvalue weighted by Crippen LogP contribution is 2.36. The molecule has 0 radical (unpaired) electrons. The summed E-state index contributed by atoms with van der Waals surface area (Å²) < 4.78 is 5.57. The molecule has 0 fully saturated rings. The number of nitrogens with two attached hydrogens (primary N) is 1. The van der Waals surface area contributed by atoms with Crippen LogP contribution in [0.1, 0.15) is 25.0 Å². The Hall–Kier alpha value is -2.29. The first-order valence-electron chi connectivity index (χ1n) is 6.14. The van der Waals surface area contributed by atoms with Gasteiger partial charge in [-0.25, -0.2) is 0 Å². The van der Waals surface area contributed by atoms with Crippen LogP contribution in [0.5, 0.6) is 0 Å². The van der Waals surface area contributed by atoms with Crippen LogP contribution in [0.4, 0.5) is 5.69 Å². The van der Waals surface area contributed by atoms with Crippen LogP contribution in [-0.4, -0.2) is 5.97 Å². The highest BCUT2D eigenvalue weighted by atomic mass is 16.6. The molecule has 2 aromatic rings. The summed E-state index contributed by atoms with van der Waals surface area (Å²) in [5.74, 6) is -0.338. The molecule has 0 aromatic heterocycles. The van der Waals surface area contributed by atoms with E-state index in [-0.39, 0.29) is 5.97 Å². The van der Waals surface area contributed by atoms with Gasteiger partial charge in [-0.15, -0.1) is 0 Å². The largest absolute Gasteiger partial charge is 0.450 e. The zero-order chi connectivity index (χ0) is 13.9. The Kier molecular flexibility index (Phi) is 3.56. The monoisotopic (exact) mass is 255 g/mol. The third kappa shape index (κ3) is 2.60. The van der Waals surface area contributed by atoms with Gasteiger partial charge in [-0.2, -0.15) is 0 Å². The number of esters is 1. The van der Waals surface area contributed by atoms with E-state index in [2.05, 4.69) is 0 Å². The maximum Gasteiger partial charge on any atom is 0.303 e. The van der Waals surface area contributed by atoms with E-state index in [1.165, 1.54) is 6.92 Å². The molecule has 2 N–H and O–H groups in total. The first-order chi connectivity index (χ1) is 9.04. The molecule has 3 heteroatoms. The summed E-state index contributed by atoms with van der Waals surface area (Å²) in [6.07, 6.45) is 0. The van der Waals surface area contributed by atoms with Gasteiger partial charge in [0.25, 0.3) is 0 Å². The fourth-order valence-electron chi connectivity index (χ4n) is 2.24. The average Bonchev–Trinajstić information content (AvgIpc) is 2.39. The molecule has 3 nitrogen and oxygen atoms in total. The van der Waals surface area contributed by atoms with Crippen LogP contribution in [0.15, 0.2) is 54.6 Å². The fraction of sp³-hybridized carbons (Fsp3) is 0.188. The highest BCUT2D eigenvalue weighted by molar-refractivity contribution is 5.68. The lowest BCUT2D eigenvalue weighted by molar-refractivity contribution is -0.152. The quantitative estimate of drug-likeness (QED) is 0.677. The number of ether oxygens (including phenoxy) is 1. The van der Waals surface area contributed by atoms with Crippen LogP contribution in [0.3, 0.4) is 0 Å². The smallest absolute Gasteiger partial charge is 0.303 e. The maximum absolute atomic E-state index is 11.5. The predicted molar refractivity (Wildman–Crippen MR) is 75.5 cm³/mol. The highest BCUT2D eigenvalue weighted by Gasteiger charge is 2.33. The van der Waals surface area contributed by atoms with E-state index >= 15 is 0 Å². The SMILES string of the molecule is CC(=O)OC(C)(c1ccccc1)c1ccccc1N. The van der Waals surface area contributed by atoms with Gasteiger partial charge in [0.05, 0.1) is 0 Å². The number of hydrogen-bond acceptors (Lipinski definition) is 3. The van der Waals surface area contributed by atoms with Crippen LogP contribution in [-0.2, 0) is 15.1 Å². The predicted octanol–water partition coefficient (Wildman–Crippen LogP) is 3.10. The third-order valence-corrected chi connectivity index (χ3v) is 3.15. The van der Waals surface area contributed by atoms with Crippen molar-refractivity contribution in [2.24, 2.45) is 0 Å². The summed E-state index contributed by atoms with van der Waals surface area (Å²) in [6.45, 7) is 3.26. The molecule has 0 aliphatic rings. The summed E-state index contributed by atoms with van der Waals surface area (Å²) in [7, 11) is 0. The van der Waals surface area contributed by atoms with Gasteiger partial charge in [-0.3, -0.25) is 4.79 Å². The molecular weight excluding hydrogens is 238 g/mol. The van der Waals surface area contributed by atoms with Crippen molar-refractivity contribution in [2.45, 2.75) is 19.4 Å². The summed E-state index contributed by atoms with van der Waals surface area (Å²) >= 11 is 0. The Bertz CT molecular complexity index is 580. The number of rotatable bonds is 3. The van der Waals surface area contributed by atoms with Gasteiger partial charge in [-0.05, 0) is 18.6 Å². The van der Waals surface area contributed by atoms with E-state index in [0.717, 1.165) is 11.1 Å². The van der Waals surface area contributed by atoms with Crippen LogP contribution in [0.25, 0.3) is 0 Å². The molecule has 0 saturated heterocycles. The van der Waals surface area contributed by atoms with Crippen molar-refractivity contribution < 1.29 is 9.53 Å². The van der Waals surface area contributed by atoms with Gasteiger partial charge in [0.15, 0.2) is 5.60 Å². The molecule has 0 saturated carbocycles. The average molecular weight is 255 g/mol. The lowest BCUT2D eigenvalue weighted by Crippen LogP contribution is -2.30. The number of carbonyl (C=O) groups is 1.